The first-order chi connectivity index (χ1) is 26.4. The number of hydrogen-bond acceptors (Lipinski definition) is 6. The zero-order valence-electron chi connectivity index (χ0n) is 32.5. The first-order valence-electron chi connectivity index (χ1n) is 19.0. The van der Waals surface area contributed by atoms with Gasteiger partial charge >= 0.3 is 0 Å². The van der Waals surface area contributed by atoms with Crippen LogP contribution in [-0.4, -0.2) is 38.2 Å². The zero-order valence-corrected chi connectivity index (χ0v) is 32.5. The van der Waals surface area contributed by atoms with Crippen LogP contribution < -0.4 is 9.80 Å². The van der Waals surface area contributed by atoms with Crippen LogP contribution in [0.15, 0.2) is 134 Å². The highest BCUT2D eigenvalue weighted by Crippen LogP contribution is 2.41. The van der Waals surface area contributed by atoms with Crippen LogP contribution in [0, 0.1) is 0 Å². The van der Waals surface area contributed by atoms with Gasteiger partial charge in [0.25, 0.3) is 0 Å². The summed E-state index contributed by atoms with van der Waals surface area (Å²) in [6.07, 6.45) is 1.93. The van der Waals surface area contributed by atoms with E-state index in [0.717, 1.165) is 51.3 Å². The topological polar surface area (TPSA) is 63.0 Å². The Morgan fingerprint density at radius 2 is 1.15 bits per heavy atom. The first kappa shape index (κ1) is 34.4. The van der Waals surface area contributed by atoms with E-state index >= 15 is 0 Å². The lowest BCUT2D eigenvalue weighted by Crippen LogP contribution is -2.23. The first-order valence-corrected chi connectivity index (χ1v) is 19.0. The van der Waals surface area contributed by atoms with Crippen molar-refractivity contribution in [1.82, 2.24) is 24.5 Å². The summed E-state index contributed by atoms with van der Waals surface area (Å²) in [5.41, 5.74) is 10.9. The molecule has 0 spiro atoms. The van der Waals surface area contributed by atoms with Crippen molar-refractivity contribution in [1.29, 1.82) is 0 Å². The number of para-hydroxylation sites is 2. The van der Waals surface area contributed by atoms with Crippen LogP contribution in [0.25, 0.3) is 61.8 Å². The predicted octanol–water partition coefficient (Wildman–Crippen LogP) is 11.5. The normalized spacial score (nSPS) is 13.2. The van der Waals surface area contributed by atoms with Crippen LogP contribution in [0.2, 0.25) is 0 Å². The number of hydrogen-bond donors (Lipinski definition) is 0. The van der Waals surface area contributed by atoms with E-state index in [4.69, 9.17) is 19.9 Å². The number of nitrogens with zero attached hydrogens (tertiary/aromatic N) is 7. The number of pyridine rings is 1. The quantitative estimate of drug-likeness (QED) is 0.176. The molecule has 5 aromatic carbocycles. The number of anilines is 3. The Morgan fingerprint density at radius 1 is 0.509 bits per heavy atom. The summed E-state index contributed by atoms with van der Waals surface area (Å²) in [6, 6.07) is 45.0. The largest absolute Gasteiger partial charge is 0.355 e. The molecule has 7 heteroatoms. The molecule has 1 aliphatic rings. The van der Waals surface area contributed by atoms with Gasteiger partial charge in [-0.1, -0.05) is 114 Å². The number of aromatic nitrogens is 5. The number of fused-ring (bicyclic) bond motifs is 4. The molecule has 0 amide bonds. The Hall–Kier alpha value is -6.34. The Kier molecular flexibility index (Phi) is 8.08. The Labute approximate surface area is 323 Å². The molecule has 0 saturated carbocycles. The van der Waals surface area contributed by atoms with Gasteiger partial charge in [-0.05, 0) is 76.6 Å². The maximum atomic E-state index is 5.21. The molecule has 0 radical (unpaired) electrons. The van der Waals surface area contributed by atoms with E-state index in [-0.39, 0.29) is 10.8 Å². The fourth-order valence-electron chi connectivity index (χ4n) is 7.64. The molecule has 9 rings (SSSR count). The maximum absolute atomic E-state index is 5.21. The third-order valence-electron chi connectivity index (χ3n) is 10.8. The van der Waals surface area contributed by atoms with Crippen molar-refractivity contribution in [3.05, 3.63) is 145 Å². The van der Waals surface area contributed by atoms with E-state index in [2.05, 4.69) is 172 Å². The smallest absolute Gasteiger partial charge is 0.164 e. The number of benzene rings is 5. The highest BCUT2D eigenvalue weighted by atomic mass is 15.4. The summed E-state index contributed by atoms with van der Waals surface area (Å²) in [7, 11) is 2.13. The molecule has 0 bridgehead atoms. The predicted molar refractivity (Wildman–Crippen MR) is 228 cm³/mol. The summed E-state index contributed by atoms with van der Waals surface area (Å²) in [5, 5.41) is 2.36. The fourth-order valence-corrected chi connectivity index (χ4v) is 7.64. The van der Waals surface area contributed by atoms with Gasteiger partial charge in [-0.2, -0.15) is 0 Å². The SMILES string of the molecule is CN1CN(c2cccc(-c3nc(-c4ccccc4)nc(-c4ccc5c6cc(C(C)(C)C)ccc6n(-c6cc(C(C)(C)C)ccn6)c5c4)n3)c2)c2ccccc21. The van der Waals surface area contributed by atoms with E-state index in [1.54, 1.807) is 0 Å². The van der Waals surface area contributed by atoms with Crippen LogP contribution in [0.5, 0.6) is 0 Å². The molecule has 0 atom stereocenters. The number of rotatable bonds is 5. The van der Waals surface area contributed by atoms with Crippen molar-refractivity contribution in [2.75, 3.05) is 23.5 Å². The maximum Gasteiger partial charge on any atom is 0.164 e. The third kappa shape index (κ3) is 6.19. The van der Waals surface area contributed by atoms with Gasteiger partial charge < -0.3 is 9.80 Å². The van der Waals surface area contributed by atoms with Crippen molar-refractivity contribution in [2.24, 2.45) is 0 Å². The van der Waals surface area contributed by atoms with E-state index < -0.39 is 0 Å². The fraction of sp³-hybridized carbons (Fsp3) is 0.208. The standard InChI is InChI=1S/C48H45N7/c1-47(2,3)34-21-23-39-38(28-34)37-22-20-33(27-42(37)55(39)43-29-35(24-25-49-43)48(4,5)6)46-51-44(31-14-9-8-10-15-31)50-45(52-46)32-16-13-17-36(26-32)54-30-53(7)40-18-11-12-19-41(40)54/h8-29H,30H2,1-7H3. The van der Waals surface area contributed by atoms with Gasteiger partial charge in [-0.25, -0.2) is 19.9 Å². The van der Waals surface area contributed by atoms with Gasteiger partial charge in [0.1, 0.15) is 5.82 Å². The van der Waals surface area contributed by atoms with E-state index in [0.29, 0.717) is 17.5 Å². The molecule has 0 N–H and O–H groups in total. The molecule has 8 aromatic rings. The Balaban J connectivity index is 1.23. The molecule has 0 unspecified atom stereocenters. The lowest BCUT2D eigenvalue weighted by atomic mass is 9.86. The van der Waals surface area contributed by atoms with E-state index in [1.165, 1.54) is 27.9 Å². The van der Waals surface area contributed by atoms with Gasteiger partial charge in [-0.3, -0.25) is 4.57 Å². The van der Waals surface area contributed by atoms with Crippen LogP contribution in [0.1, 0.15) is 52.7 Å². The second kappa shape index (κ2) is 12.9. The van der Waals surface area contributed by atoms with Crippen molar-refractivity contribution < 1.29 is 0 Å². The molecule has 1 aliphatic heterocycles. The molecule has 55 heavy (non-hydrogen) atoms. The molecule has 7 nitrogen and oxygen atoms in total. The van der Waals surface area contributed by atoms with E-state index in [1.807, 2.05) is 24.4 Å². The minimum atomic E-state index is -0.0263. The van der Waals surface area contributed by atoms with Gasteiger partial charge in [-0.15, -0.1) is 0 Å². The van der Waals surface area contributed by atoms with Crippen LogP contribution in [0.3, 0.4) is 0 Å². The van der Waals surface area contributed by atoms with Crippen molar-refractivity contribution in [2.45, 2.75) is 52.4 Å². The molecule has 0 fully saturated rings. The zero-order chi connectivity index (χ0) is 38.1. The Bertz CT molecular complexity index is 2730. The van der Waals surface area contributed by atoms with Crippen molar-refractivity contribution in [3.63, 3.8) is 0 Å². The molecule has 3 aromatic heterocycles. The molecule has 272 valence electrons. The minimum Gasteiger partial charge on any atom is -0.355 e. The molecule has 0 saturated heterocycles. The van der Waals surface area contributed by atoms with Gasteiger partial charge in [0.2, 0.25) is 0 Å². The van der Waals surface area contributed by atoms with Gasteiger partial charge in [0.15, 0.2) is 17.5 Å². The molecule has 0 aliphatic carbocycles. The second-order valence-electron chi connectivity index (χ2n) is 16.7. The summed E-state index contributed by atoms with van der Waals surface area (Å²) in [6.45, 7) is 14.3. The minimum absolute atomic E-state index is 0.00740. The summed E-state index contributed by atoms with van der Waals surface area (Å²) < 4.78 is 2.30. The molecular formula is C48H45N7. The van der Waals surface area contributed by atoms with E-state index in [9.17, 15) is 0 Å². The third-order valence-corrected chi connectivity index (χ3v) is 10.8. The average Bonchev–Trinajstić information content (AvgIpc) is 3.71. The van der Waals surface area contributed by atoms with Crippen LogP contribution >= 0.6 is 0 Å². The molecule has 4 heterocycles. The van der Waals surface area contributed by atoms with Gasteiger partial charge in [0.05, 0.1) is 29.1 Å². The molecular weight excluding hydrogens is 675 g/mol. The average molecular weight is 720 g/mol. The van der Waals surface area contributed by atoms with Crippen LogP contribution in [0.4, 0.5) is 17.1 Å². The highest BCUT2D eigenvalue weighted by Gasteiger charge is 2.25. The van der Waals surface area contributed by atoms with Crippen molar-refractivity contribution in [3.8, 4) is 40.0 Å². The lowest BCUT2D eigenvalue weighted by molar-refractivity contribution is 0.588. The van der Waals surface area contributed by atoms with Crippen molar-refractivity contribution >= 4 is 38.9 Å². The van der Waals surface area contributed by atoms with Crippen LogP contribution in [-0.2, 0) is 10.8 Å². The highest BCUT2D eigenvalue weighted by molar-refractivity contribution is 6.10. The Morgan fingerprint density at radius 3 is 1.87 bits per heavy atom. The summed E-state index contributed by atoms with van der Waals surface area (Å²) in [4.78, 5) is 25.0. The summed E-state index contributed by atoms with van der Waals surface area (Å²) >= 11 is 0. The van der Waals surface area contributed by atoms with Gasteiger partial charge in [0, 0.05) is 46.4 Å². The monoisotopic (exact) mass is 719 g/mol. The second-order valence-corrected chi connectivity index (χ2v) is 16.7. The summed E-state index contributed by atoms with van der Waals surface area (Å²) in [5.74, 6) is 2.76. The lowest BCUT2D eigenvalue weighted by Gasteiger charge is -2.20.